The molecule has 0 aliphatic carbocycles. The number of benzene rings is 1. The van der Waals surface area contributed by atoms with Crippen LogP contribution in [-0.2, 0) is 6.54 Å². The van der Waals surface area contributed by atoms with Gasteiger partial charge in [-0.15, -0.1) is 0 Å². The zero-order valence-corrected chi connectivity index (χ0v) is 11.5. The molecule has 1 atom stereocenters. The van der Waals surface area contributed by atoms with Crippen LogP contribution in [0.2, 0.25) is 0 Å². The molecule has 4 heteroatoms. The number of halogens is 1. The third kappa shape index (κ3) is 2.54. The third-order valence-electron chi connectivity index (χ3n) is 3.35. The molecule has 0 amide bonds. The Balaban J connectivity index is 2.53. The number of carbonyl (C=O) groups excluding carboxylic acids is 1. The summed E-state index contributed by atoms with van der Waals surface area (Å²) in [6.45, 7) is 7.28. The van der Waals surface area contributed by atoms with E-state index in [0.29, 0.717) is 10.9 Å². The Morgan fingerprint density at radius 3 is 2.79 bits per heavy atom. The molecule has 0 spiro atoms. The normalized spacial score (nSPS) is 12.8. The fourth-order valence-corrected chi connectivity index (χ4v) is 2.36. The molecular weight excluding hydrogens is 243 g/mol. The molecule has 19 heavy (non-hydrogen) atoms. The Labute approximate surface area is 112 Å². The highest BCUT2D eigenvalue weighted by Crippen LogP contribution is 2.23. The zero-order chi connectivity index (χ0) is 14.0. The highest BCUT2D eigenvalue weighted by molar-refractivity contribution is 6.10. The van der Waals surface area contributed by atoms with Gasteiger partial charge in [-0.25, -0.2) is 4.39 Å². The van der Waals surface area contributed by atoms with Gasteiger partial charge < -0.3 is 9.88 Å². The van der Waals surface area contributed by atoms with E-state index < -0.39 is 0 Å². The Kier molecular flexibility index (Phi) is 4.00. The van der Waals surface area contributed by atoms with E-state index >= 15 is 0 Å². The molecule has 0 saturated carbocycles. The number of aromatic nitrogens is 1. The maximum absolute atomic E-state index is 13.4. The maximum Gasteiger partial charge on any atom is 0.181 e. The standard InChI is InChI=1S/C15H19FN2O/c1-4-17-10(3)15(19)13-9-18(5-2)14-7-6-11(16)8-12(13)14/h6-10,17H,4-5H2,1-3H3. The van der Waals surface area contributed by atoms with Gasteiger partial charge in [-0.05, 0) is 38.6 Å². The molecule has 1 N–H and O–H groups in total. The number of fused-ring (bicyclic) bond motifs is 1. The highest BCUT2D eigenvalue weighted by atomic mass is 19.1. The van der Waals surface area contributed by atoms with Crippen LogP contribution in [0.1, 0.15) is 31.1 Å². The summed E-state index contributed by atoms with van der Waals surface area (Å²) < 4.78 is 15.4. The van der Waals surface area contributed by atoms with Crippen LogP contribution in [-0.4, -0.2) is 22.9 Å². The summed E-state index contributed by atoms with van der Waals surface area (Å²) in [5.74, 6) is -0.309. The van der Waals surface area contributed by atoms with Gasteiger partial charge in [-0.3, -0.25) is 4.79 Å². The maximum atomic E-state index is 13.4. The first-order valence-electron chi connectivity index (χ1n) is 6.64. The van der Waals surface area contributed by atoms with Gasteiger partial charge >= 0.3 is 0 Å². The Morgan fingerprint density at radius 1 is 1.42 bits per heavy atom. The van der Waals surface area contributed by atoms with E-state index in [4.69, 9.17) is 0 Å². The molecule has 1 heterocycles. The van der Waals surface area contributed by atoms with Gasteiger partial charge in [0.2, 0.25) is 0 Å². The summed E-state index contributed by atoms with van der Waals surface area (Å²) >= 11 is 0. The summed E-state index contributed by atoms with van der Waals surface area (Å²) in [7, 11) is 0. The second-order valence-electron chi connectivity index (χ2n) is 4.63. The molecule has 3 nitrogen and oxygen atoms in total. The quantitative estimate of drug-likeness (QED) is 0.840. The van der Waals surface area contributed by atoms with Crippen molar-refractivity contribution in [1.82, 2.24) is 9.88 Å². The van der Waals surface area contributed by atoms with Gasteiger partial charge in [0.25, 0.3) is 0 Å². The highest BCUT2D eigenvalue weighted by Gasteiger charge is 2.19. The number of nitrogens with zero attached hydrogens (tertiary/aromatic N) is 1. The van der Waals surface area contributed by atoms with E-state index in [1.165, 1.54) is 12.1 Å². The van der Waals surface area contributed by atoms with Crippen molar-refractivity contribution in [2.24, 2.45) is 0 Å². The second-order valence-corrected chi connectivity index (χ2v) is 4.63. The molecular formula is C15H19FN2O. The average Bonchev–Trinajstić information content (AvgIpc) is 2.76. The number of hydrogen-bond acceptors (Lipinski definition) is 2. The predicted octanol–water partition coefficient (Wildman–Crippen LogP) is 2.98. The zero-order valence-electron chi connectivity index (χ0n) is 11.5. The third-order valence-corrected chi connectivity index (χ3v) is 3.35. The fraction of sp³-hybridized carbons (Fsp3) is 0.400. The number of hydrogen-bond donors (Lipinski definition) is 1. The largest absolute Gasteiger partial charge is 0.347 e. The van der Waals surface area contributed by atoms with Crippen LogP contribution in [0.3, 0.4) is 0 Å². The molecule has 0 saturated heterocycles. The van der Waals surface area contributed by atoms with Crippen molar-refractivity contribution in [2.75, 3.05) is 6.54 Å². The molecule has 1 unspecified atom stereocenters. The van der Waals surface area contributed by atoms with Gasteiger partial charge in [-0.1, -0.05) is 6.92 Å². The number of Topliss-reactive ketones (excluding diaryl/α,β-unsaturated/α-hetero) is 1. The lowest BCUT2D eigenvalue weighted by Crippen LogP contribution is -2.33. The molecule has 1 aromatic heterocycles. The lowest BCUT2D eigenvalue weighted by Gasteiger charge is -2.10. The smallest absolute Gasteiger partial charge is 0.181 e. The lowest BCUT2D eigenvalue weighted by atomic mass is 10.0. The van der Waals surface area contributed by atoms with E-state index in [9.17, 15) is 9.18 Å². The number of aryl methyl sites for hydroxylation is 1. The van der Waals surface area contributed by atoms with Gasteiger partial charge in [0, 0.05) is 29.2 Å². The topological polar surface area (TPSA) is 34.0 Å². The summed E-state index contributed by atoms with van der Waals surface area (Å²) in [6, 6.07) is 4.33. The first-order valence-corrected chi connectivity index (χ1v) is 6.64. The summed E-state index contributed by atoms with van der Waals surface area (Å²) in [5.41, 5.74) is 1.49. The van der Waals surface area contributed by atoms with Crippen molar-refractivity contribution >= 4 is 16.7 Å². The lowest BCUT2D eigenvalue weighted by molar-refractivity contribution is 0.0953. The van der Waals surface area contributed by atoms with E-state index in [0.717, 1.165) is 18.6 Å². The van der Waals surface area contributed by atoms with Gasteiger partial charge in [0.1, 0.15) is 5.82 Å². The summed E-state index contributed by atoms with van der Waals surface area (Å²) in [6.07, 6.45) is 1.82. The van der Waals surface area contributed by atoms with Crippen molar-refractivity contribution in [3.8, 4) is 0 Å². The minimum Gasteiger partial charge on any atom is -0.347 e. The number of likely N-dealkylation sites (N-methyl/N-ethyl adjacent to an activating group) is 1. The minimum atomic E-state index is -0.313. The van der Waals surface area contributed by atoms with Gasteiger partial charge in [-0.2, -0.15) is 0 Å². The molecule has 102 valence electrons. The average molecular weight is 262 g/mol. The second kappa shape index (κ2) is 5.53. The Bertz CT molecular complexity index is 603. The van der Waals surface area contributed by atoms with Crippen molar-refractivity contribution < 1.29 is 9.18 Å². The monoisotopic (exact) mass is 262 g/mol. The number of ketones is 1. The first-order chi connectivity index (χ1) is 9.08. The number of carbonyl (C=O) groups is 1. The van der Waals surface area contributed by atoms with Crippen LogP contribution >= 0.6 is 0 Å². The van der Waals surface area contributed by atoms with Gasteiger partial charge in [0.15, 0.2) is 5.78 Å². The van der Waals surface area contributed by atoms with E-state index in [1.807, 2.05) is 31.5 Å². The van der Waals surface area contributed by atoms with Crippen LogP contribution in [0.4, 0.5) is 4.39 Å². The SMILES string of the molecule is CCNC(C)C(=O)c1cn(CC)c2ccc(F)cc12. The van der Waals surface area contributed by atoms with E-state index in [2.05, 4.69) is 5.32 Å². The number of nitrogens with one attached hydrogen (secondary N) is 1. The molecule has 0 aliphatic rings. The van der Waals surface area contributed by atoms with Crippen molar-refractivity contribution in [3.05, 3.63) is 35.8 Å². The van der Waals surface area contributed by atoms with Crippen LogP contribution in [0.25, 0.3) is 10.9 Å². The molecule has 0 radical (unpaired) electrons. The van der Waals surface area contributed by atoms with Crippen LogP contribution in [0, 0.1) is 5.82 Å². The molecule has 1 aromatic carbocycles. The Morgan fingerprint density at radius 2 is 2.16 bits per heavy atom. The van der Waals surface area contributed by atoms with Crippen LogP contribution in [0.15, 0.2) is 24.4 Å². The molecule has 2 rings (SSSR count). The summed E-state index contributed by atoms with van der Waals surface area (Å²) in [5, 5.41) is 3.79. The fourth-order valence-electron chi connectivity index (χ4n) is 2.36. The number of rotatable bonds is 5. The van der Waals surface area contributed by atoms with Crippen molar-refractivity contribution in [1.29, 1.82) is 0 Å². The minimum absolute atomic E-state index is 0.00431. The molecule has 2 aromatic rings. The van der Waals surface area contributed by atoms with E-state index in [1.54, 1.807) is 6.07 Å². The van der Waals surface area contributed by atoms with Gasteiger partial charge in [0.05, 0.1) is 6.04 Å². The molecule has 0 fully saturated rings. The molecule has 0 aliphatic heterocycles. The Hall–Kier alpha value is -1.68. The summed E-state index contributed by atoms with van der Waals surface area (Å²) in [4.78, 5) is 12.4. The first kappa shape index (κ1) is 13.7. The van der Waals surface area contributed by atoms with Crippen LogP contribution < -0.4 is 5.32 Å². The predicted molar refractivity (Wildman–Crippen MR) is 75.0 cm³/mol. The van der Waals surface area contributed by atoms with Crippen molar-refractivity contribution in [3.63, 3.8) is 0 Å². The molecule has 0 bridgehead atoms. The van der Waals surface area contributed by atoms with Crippen molar-refractivity contribution in [2.45, 2.75) is 33.4 Å². The van der Waals surface area contributed by atoms with E-state index in [-0.39, 0.29) is 17.6 Å². The van der Waals surface area contributed by atoms with Crippen LogP contribution in [0.5, 0.6) is 0 Å².